The van der Waals surface area contributed by atoms with Crippen LogP contribution in [0.5, 0.6) is 0 Å². The van der Waals surface area contributed by atoms with Gasteiger partial charge in [-0.05, 0) is 55.2 Å². The summed E-state index contributed by atoms with van der Waals surface area (Å²) in [5, 5.41) is 0. The average molecular weight is 340 g/mol. The number of carbonyl (C=O) groups excluding carboxylic acids is 2. The lowest BCUT2D eigenvalue weighted by molar-refractivity contribution is -0.115. The highest BCUT2D eigenvalue weighted by atomic mass is 16.5. The van der Waals surface area contributed by atoms with Gasteiger partial charge in [-0.25, -0.2) is 0 Å². The first-order valence-corrected chi connectivity index (χ1v) is 8.41. The van der Waals surface area contributed by atoms with Crippen LogP contribution in [0.3, 0.4) is 0 Å². The molecule has 0 fully saturated rings. The second kappa shape index (κ2) is 8.47. The van der Waals surface area contributed by atoms with Crippen LogP contribution in [0.25, 0.3) is 0 Å². The minimum Gasteiger partial charge on any atom is -0.493 e. The molecule has 4 heteroatoms. The summed E-state index contributed by atoms with van der Waals surface area (Å²) in [6.07, 6.45) is 13.7. The van der Waals surface area contributed by atoms with Crippen molar-refractivity contribution in [2.75, 3.05) is 14.2 Å². The van der Waals surface area contributed by atoms with Crippen LogP contribution in [0.4, 0.5) is 0 Å². The third-order valence-corrected chi connectivity index (χ3v) is 4.12. The molecule has 0 heterocycles. The third-order valence-electron chi connectivity index (χ3n) is 4.12. The van der Waals surface area contributed by atoms with E-state index in [0.717, 1.165) is 36.0 Å². The van der Waals surface area contributed by atoms with Crippen molar-refractivity contribution >= 4 is 11.6 Å². The highest BCUT2D eigenvalue weighted by Crippen LogP contribution is 2.24. The van der Waals surface area contributed by atoms with Gasteiger partial charge in [0, 0.05) is 11.1 Å². The van der Waals surface area contributed by atoms with Crippen LogP contribution >= 0.6 is 0 Å². The molecule has 0 unspecified atom stereocenters. The van der Waals surface area contributed by atoms with Gasteiger partial charge < -0.3 is 9.47 Å². The number of unbranched alkanes of at least 4 members (excludes halogenated alkanes) is 1. The predicted octanol–water partition coefficient (Wildman–Crippen LogP) is 4.13. The second-order valence-electron chi connectivity index (χ2n) is 6.02. The van der Waals surface area contributed by atoms with E-state index in [4.69, 9.17) is 9.47 Å². The van der Waals surface area contributed by atoms with E-state index in [2.05, 4.69) is 6.92 Å². The van der Waals surface area contributed by atoms with Gasteiger partial charge in [-0.2, -0.15) is 0 Å². The fourth-order valence-corrected chi connectivity index (χ4v) is 2.69. The smallest absolute Gasteiger partial charge is 0.223 e. The Morgan fingerprint density at radius 1 is 0.880 bits per heavy atom. The molecule has 0 atom stereocenters. The molecule has 0 aromatic rings. The fraction of sp³-hybridized carbons (Fsp3) is 0.333. The Morgan fingerprint density at radius 3 is 2.00 bits per heavy atom. The average Bonchev–Trinajstić information content (AvgIpc) is 2.62. The van der Waals surface area contributed by atoms with Crippen molar-refractivity contribution in [3.8, 4) is 0 Å². The summed E-state index contributed by atoms with van der Waals surface area (Å²) in [6.45, 7) is 3.86. The largest absolute Gasteiger partial charge is 0.493 e. The van der Waals surface area contributed by atoms with E-state index in [-0.39, 0.29) is 11.6 Å². The third kappa shape index (κ3) is 4.47. The summed E-state index contributed by atoms with van der Waals surface area (Å²) in [6, 6.07) is 0. The van der Waals surface area contributed by atoms with Crippen LogP contribution in [0.1, 0.15) is 33.1 Å². The number of Topliss-reactive ketones (excluding diaryl/α,β-unsaturated/α-hetero) is 2. The molecule has 0 bridgehead atoms. The molecular weight excluding hydrogens is 316 g/mol. The fourth-order valence-electron chi connectivity index (χ4n) is 2.69. The lowest BCUT2D eigenvalue weighted by atomic mass is 9.94. The van der Waals surface area contributed by atoms with Crippen molar-refractivity contribution in [2.24, 2.45) is 0 Å². The van der Waals surface area contributed by atoms with Gasteiger partial charge in [-0.3, -0.25) is 9.59 Å². The highest BCUT2D eigenvalue weighted by molar-refractivity contribution is 6.09. The van der Waals surface area contributed by atoms with Crippen LogP contribution in [0.15, 0.2) is 70.3 Å². The number of allylic oxidation sites excluding steroid dienone is 10. The van der Waals surface area contributed by atoms with Crippen LogP contribution in [0, 0.1) is 0 Å². The maximum atomic E-state index is 12.3. The van der Waals surface area contributed by atoms with E-state index in [9.17, 15) is 9.59 Å². The highest BCUT2D eigenvalue weighted by Gasteiger charge is 2.20. The SMILES string of the molecule is CCCCC1=C/C(=C/C=C2/C=C(C)C(=O)C(OC)=C2)C=C(OC)C1=O. The van der Waals surface area contributed by atoms with E-state index in [1.54, 1.807) is 19.1 Å². The zero-order valence-corrected chi connectivity index (χ0v) is 15.2. The first-order chi connectivity index (χ1) is 12.0. The number of methoxy groups -OCH3 is 2. The summed E-state index contributed by atoms with van der Waals surface area (Å²) in [5.74, 6) is 0.549. The molecule has 4 nitrogen and oxygen atoms in total. The maximum absolute atomic E-state index is 12.3. The molecule has 2 rings (SSSR count). The van der Waals surface area contributed by atoms with Crippen molar-refractivity contribution in [1.29, 1.82) is 0 Å². The number of ether oxygens (including phenoxy) is 2. The van der Waals surface area contributed by atoms with Crippen molar-refractivity contribution in [2.45, 2.75) is 33.1 Å². The van der Waals surface area contributed by atoms with Gasteiger partial charge in [0.25, 0.3) is 0 Å². The maximum Gasteiger partial charge on any atom is 0.223 e. The molecule has 0 aromatic carbocycles. The van der Waals surface area contributed by atoms with E-state index >= 15 is 0 Å². The molecule has 0 N–H and O–H groups in total. The molecule has 2 aliphatic carbocycles. The molecule has 0 radical (unpaired) electrons. The van der Waals surface area contributed by atoms with Crippen molar-refractivity contribution < 1.29 is 19.1 Å². The van der Waals surface area contributed by atoms with Crippen LogP contribution in [-0.4, -0.2) is 25.8 Å². The zero-order chi connectivity index (χ0) is 18.4. The van der Waals surface area contributed by atoms with E-state index in [1.165, 1.54) is 14.2 Å². The van der Waals surface area contributed by atoms with Gasteiger partial charge in [0.15, 0.2) is 11.5 Å². The first kappa shape index (κ1) is 18.7. The van der Waals surface area contributed by atoms with Gasteiger partial charge in [0.2, 0.25) is 11.6 Å². The van der Waals surface area contributed by atoms with Gasteiger partial charge in [-0.15, -0.1) is 0 Å². The Morgan fingerprint density at radius 2 is 1.44 bits per heavy atom. The molecule has 0 saturated heterocycles. The molecule has 0 aromatic heterocycles. The summed E-state index contributed by atoms with van der Waals surface area (Å²) in [7, 11) is 3.00. The molecular formula is C21H24O4. The van der Waals surface area contributed by atoms with Crippen molar-refractivity contribution in [1.82, 2.24) is 0 Å². The minimum absolute atomic E-state index is 0.0404. The number of carbonyl (C=O) groups is 2. The van der Waals surface area contributed by atoms with Gasteiger partial charge >= 0.3 is 0 Å². The summed E-state index contributed by atoms with van der Waals surface area (Å²) in [4.78, 5) is 24.2. The lowest BCUT2D eigenvalue weighted by Crippen LogP contribution is -2.12. The Hall–Kier alpha value is -2.62. The first-order valence-electron chi connectivity index (χ1n) is 8.41. The summed E-state index contributed by atoms with van der Waals surface area (Å²) in [5.41, 5.74) is 3.17. The van der Waals surface area contributed by atoms with Crippen molar-refractivity contribution in [3.05, 3.63) is 70.3 Å². The molecule has 25 heavy (non-hydrogen) atoms. The van der Waals surface area contributed by atoms with Crippen molar-refractivity contribution in [3.63, 3.8) is 0 Å². The Labute approximate surface area is 148 Å². The normalized spacial score (nSPS) is 21.0. The van der Waals surface area contributed by atoms with Gasteiger partial charge in [0.1, 0.15) is 0 Å². The van der Waals surface area contributed by atoms with E-state index in [1.807, 2.05) is 24.3 Å². The number of hydrogen-bond donors (Lipinski definition) is 0. The Kier molecular flexibility index (Phi) is 6.34. The standard InChI is InChI=1S/C21H24O4/c1-5-6-7-17-11-16(13-19(25-4)21(17)23)9-8-15-10-14(2)20(22)18(12-15)24-3/h8-13H,5-7H2,1-4H3/b15-8-,16-9-. The predicted molar refractivity (Wildman–Crippen MR) is 97.7 cm³/mol. The molecule has 132 valence electrons. The monoisotopic (exact) mass is 340 g/mol. The zero-order valence-electron chi connectivity index (χ0n) is 15.2. The Balaban J connectivity index is 2.33. The lowest BCUT2D eigenvalue weighted by Gasteiger charge is -2.14. The summed E-state index contributed by atoms with van der Waals surface area (Å²) < 4.78 is 10.3. The molecule has 2 aliphatic rings. The quantitative estimate of drug-likeness (QED) is 0.729. The Bertz CT molecular complexity index is 755. The number of rotatable bonds is 6. The molecule has 0 saturated carbocycles. The van der Waals surface area contributed by atoms with Crippen LogP contribution in [-0.2, 0) is 19.1 Å². The molecule has 0 aliphatic heterocycles. The summed E-state index contributed by atoms with van der Waals surface area (Å²) >= 11 is 0. The number of hydrogen-bond acceptors (Lipinski definition) is 4. The van der Waals surface area contributed by atoms with Gasteiger partial charge in [-0.1, -0.05) is 25.5 Å². The van der Waals surface area contributed by atoms with Crippen LogP contribution < -0.4 is 0 Å². The minimum atomic E-state index is -0.0983. The number of ketones is 2. The van der Waals surface area contributed by atoms with Crippen LogP contribution in [0.2, 0.25) is 0 Å². The topological polar surface area (TPSA) is 52.6 Å². The second-order valence-corrected chi connectivity index (χ2v) is 6.02. The van der Waals surface area contributed by atoms with Gasteiger partial charge in [0.05, 0.1) is 14.2 Å². The van der Waals surface area contributed by atoms with E-state index < -0.39 is 0 Å². The molecule has 0 spiro atoms. The molecule has 0 amide bonds. The van der Waals surface area contributed by atoms with E-state index in [0.29, 0.717) is 17.1 Å².